The Labute approximate surface area is 121 Å². The van der Waals surface area contributed by atoms with Gasteiger partial charge in [-0.15, -0.1) is 0 Å². The van der Waals surface area contributed by atoms with Crippen molar-refractivity contribution in [3.8, 4) is 0 Å². The second-order valence-electron chi connectivity index (χ2n) is 4.52. The molecule has 0 saturated carbocycles. The van der Waals surface area contributed by atoms with E-state index in [-0.39, 0.29) is 11.9 Å². The molecule has 6 heteroatoms. The lowest BCUT2D eigenvalue weighted by Crippen LogP contribution is -2.26. The molecule has 1 aromatic heterocycles. The molecule has 3 N–H and O–H groups in total. The van der Waals surface area contributed by atoms with E-state index in [0.717, 1.165) is 11.6 Å². The summed E-state index contributed by atoms with van der Waals surface area (Å²) < 4.78 is 0. The number of aromatic nitrogens is 2. The minimum absolute atomic E-state index is 0.172. The highest BCUT2D eigenvalue weighted by molar-refractivity contribution is 5.95. The predicted molar refractivity (Wildman–Crippen MR) is 77.6 cm³/mol. The Bertz CT molecular complexity index is 663. The number of aromatic amines is 1. The Morgan fingerprint density at radius 1 is 1.43 bits per heavy atom. The van der Waals surface area contributed by atoms with Gasteiger partial charge in [0.15, 0.2) is 0 Å². The van der Waals surface area contributed by atoms with Crippen molar-refractivity contribution in [3.05, 3.63) is 59.4 Å². The quantitative estimate of drug-likeness (QED) is 0.732. The maximum Gasteiger partial charge on any atom is 0.328 e. The van der Waals surface area contributed by atoms with E-state index in [2.05, 4.69) is 15.5 Å². The zero-order valence-corrected chi connectivity index (χ0v) is 11.4. The number of hydrogen-bond acceptors (Lipinski definition) is 3. The fourth-order valence-corrected chi connectivity index (χ4v) is 1.81. The molecule has 1 aromatic carbocycles. The molecule has 2 rings (SSSR count). The maximum absolute atomic E-state index is 12.2. The summed E-state index contributed by atoms with van der Waals surface area (Å²) >= 11 is 0. The Morgan fingerprint density at radius 3 is 2.90 bits per heavy atom. The third-order valence-electron chi connectivity index (χ3n) is 2.93. The number of nitrogens with zero attached hydrogens (tertiary/aromatic N) is 1. The number of carboxylic acid groups (broad SMARTS) is 1. The summed E-state index contributed by atoms with van der Waals surface area (Å²) in [5.74, 6) is -1.26. The highest BCUT2D eigenvalue weighted by atomic mass is 16.4. The first-order valence-corrected chi connectivity index (χ1v) is 6.37. The molecule has 0 aliphatic carbocycles. The molecule has 21 heavy (non-hydrogen) atoms. The van der Waals surface area contributed by atoms with E-state index >= 15 is 0 Å². The van der Waals surface area contributed by atoms with Crippen molar-refractivity contribution in [1.82, 2.24) is 15.5 Å². The van der Waals surface area contributed by atoms with Gasteiger partial charge in [-0.05, 0) is 30.7 Å². The second-order valence-corrected chi connectivity index (χ2v) is 4.52. The number of rotatable bonds is 5. The molecular formula is C15H15N3O3. The van der Waals surface area contributed by atoms with Crippen molar-refractivity contribution in [2.75, 3.05) is 0 Å². The number of nitrogens with one attached hydrogen (secondary N) is 2. The van der Waals surface area contributed by atoms with Crippen LogP contribution in [0.2, 0.25) is 0 Å². The van der Waals surface area contributed by atoms with Crippen LogP contribution in [0.1, 0.15) is 34.5 Å². The largest absolute Gasteiger partial charge is 0.478 e. The highest BCUT2D eigenvalue weighted by Crippen LogP contribution is 2.12. The van der Waals surface area contributed by atoms with Gasteiger partial charge in [0.2, 0.25) is 0 Å². The van der Waals surface area contributed by atoms with E-state index in [4.69, 9.17) is 5.11 Å². The smallest absolute Gasteiger partial charge is 0.328 e. The molecule has 0 aliphatic heterocycles. The molecule has 1 amide bonds. The number of carbonyl (C=O) groups excluding carboxylic acids is 1. The van der Waals surface area contributed by atoms with Crippen molar-refractivity contribution in [1.29, 1.82) is 0 Å². The Balaban J connectivity index is 2.09. The van der Waals surface area contributed by atoms with Gasteiger partial charge in [-0.3, -0.25) is 9.89 Å². The lowest BCUT2D eigenvalue weighted by molar-refractivity contribution is -0.131. The number of hydrogen-bond donors (Lipinski definition) is 3. The molecule has 6 nitrogen and oxygen atoms in total. The molecular weight excluding hydrogens is 270 g/mol. The van der Waals surface area contributed by atoms with E-state index in [1.807, 2.05) is 6.92 Å². The minimum atomic E-state index is -1.03. The van der Waals surface area contributed by atoms with Crippen molar-refractivity contribution in [3.63, 3.8) is 0 Å². The first-order chi connectivity index (χ1) is 10.1. The van der Waals surface area contributed by atoms with Crippen LogP contribution in [0.15, 0.2) is 42.7 Å². The van der Waals surface area contributed by atoms with E-state index in [0.29, 0.717) is 11.1 Å². The van der Waals surface area contributed by atoms with Crippen LogP contribution in [0.3, 0.4) is 0 Å². The average molecular weight is 285 g/mol. The standard InChI is InChI=1S/C15H15N3O3/c1-10(13-8-16-17-9-13)18-15(21)12-4-2-3-11(7-12)5-6-14(19)20/h2-10H,1H3,(H,16,17)(H,18,21)(H,19,20)/b6-5+. The molecule has 1 atom stereocenters. The monoisotopic (exact) mass is 285 g/mol. The molecule has 1 heterocycles. The van der Waals surface area contributed by atoms with E-state index in [1.165, 1.54) is 6.08 Å². The molecule has 0 spiro atoms. The summed E-state index contributed by atoms with van der Waals surface area (Å²) in [5, 5.41) is 18.0. The Morgan fingerprint density at radius 2 is 2.24 bits per heavy atom. The van der Waals surface area contributed by atoms with Gasteiger partial charge in [0, 0.05) is 23.4 Å². The van der Waals surface area contributed by atoms with Crippen LogP contribution in [0.4, 0.5) is 0 Å². The van der Waals surface area contributed by atoms with Gasteiger partial charge in [0.05, 0.1) is 12.2 Å². The first-order valence-electron chi connectivity index (χ1n) is 6.37. The molecule has 108 valence electrons. The normalized spacial score (nSPS) is 12.2. The third kappa shape index (κ3) is 4.04. The summed E-state index contributed by atoms with van der Waals surface area (Å²) in [6.07, 6.45) is 5.84. The van der Waals surface area contributed by atoms with Gasteiger partial charge in [-0.25, -0.2) is 4.79 Å². The fourth-order valence-electron chi connectivity index (χ4n) is 1.81. The van der Waals surface area contributed by atoms with E-state index < -0.39 is 5.97 Å². The van der Waals surface area contributed by atoms with Crippen LogP contribution in [-0.2, 0) is 4.79 Å². The summed E-state index contributed by atoms with van der Waals surface area (Å²) in [7, 11) is 0. The predicted octanol–water partition coefficient (Wildman–Crippen LogP) is 2.00. The lowest BCUT2D eigenvalue weighted by Gasteiger charge is -2.12. The molecule has 0 radical (unpaired) electrons. The van der Waals surface area contributed by atoms with Gasteiger partial charge in [-0.2, -0.15) is 5.10 Å². The van der Waals surface area contributed by atoms with Gasteiger partial charge < -0.3 is 10.4 Å². The second kappa shape index (κ2) is 6.51. The Kier molecular flexibility index (Phi) is 4.50. The minimum Gasteiger partial charge on any atom is -0.478 e. The SMILES string of the molecule is CC(NC(=O)c1cccc(/C=C/C(=O)O)c1)c1cn[nH]c1. The van der Waals surface area contributed by atoms with Crippen LogP contribution >= 0.6 is 0 Å². The zero-order valence-electron chi connectivity index (χ0n) is 11.4. The molecule has 0 saturated heterocycles. The van der Waals surface area contributed by atoms with Gasteiger partial charge in [0.1, 0.15) is 0 Å². The van der Waals surface area contributed by atoms with Gasteiger partial charge in [0.25, 0.3) is 5.91 Å². The summed E-state index contributed by atoms with van der Waals surface area (Å²) in [4.78, 5) is 22.7. The maximum atomic E-state index is 12.2. The fraction of sp³-hybridized carbons (Fsp3) is 0.133. The van der Waals surface area contributed by atoms with E-state index in [1.54, 1.807) is 36.7 Å². The number of H-pyrrole nitrogens is 1. The van der Waals surface area contributed by atoms with Crippen LogP contribution in [0.25, 0.3) is 6.08 Å². The molecule has 1 unspecified atom stereocenters. The average Bonchev–Trinajstić information content (AvgIpc) is 2.99. The lowest BCUT2D eigenvalue weighted by atomic mass is 10.1. The summed E-state index contributed by atoms with van der Waals surface area (Å²) in [6, 6.07) is 6.58. The van der Waals surface area contributed by atoms with Crippen molar-refractivity contribution in [2.24, 2.45) is 0 Å². The van der Waals surface area contributed by atoms with Gasteiger partial charge in [-0.1, -0.05) is 12.1 Å². The highest BCUT2D eigenvalue weighted by Gasteiger charge is 2.12. The number of carbonyl (C=O) groups is 2. The van der Waals surface area contributed by atoms with Crippen LogP contribution in [0.5, 0.6) is 0 Å². The zero-order chi connectivity index (χ0) is 15.2. The van der Waals surface area contributed by atoms with E-state index in [9.17, 15) is 9.59 Å². The topological polar surface area (TPSA) is 95.1 Å². The number of amides is 1. The summed E-state index contributed by atoms with van der Waals surface area (Å²) in [5.41, 5.74) is 2.00. The number of aliphatic carboxylic acids is 1. The molecule has 0 bridgehead atoms. The summed E-state index contributed by atoms with van der Waals surface area (Å²) in [6.45, 7) is 1.86. The van der Waals surface area contributed by atoms with Crippen LogP contribution in [0, 0.1) is 0 Å². The van der Waals surface area contributed by atoms with Crippen molar-refractivity contribution >= 4 is 18.0 Å². The number of benzene rings is 1. The van der Waals surface area contributed by atoms with Crippen molar-refractivity contribution in [2.45, 2.75) is 13.0 Å². The molecule has 2 aromatic rings. The first kappa shape index (κ1) is 14.5. The Hall–Kier alpha value is -2.89. The third-order valence-corrected chi connectivity index (χ3v) is 2.93. The molecule has 0 fully saturated rings. The molecule has 0 aliphatic rings. The van der Waals surface area contributed by atoms with Crippen LogP contribution < -0.4 is 5.32 Å². The van der Waals surface area contributed by atoms with Crippen LogP contribution in [-0.4, -0.2) is 27.2 Å². The van der Waals surface area contributed by atoms with Gasteiger partial charge >= 0.3 is 5.97 Å². The number of carboxylic acids is 1. The van der Waals surface area contributed by atoms with Crippen molar-refractivity contribution < 1.29 is 14.7 Å².